The van der Waals surface area contributed by atoms with E-state index in [-0.39, 0.29) is 10.8 Å². The van der Waals surface area contributed by atoms with E-state index in [0.29, 0.717) is 31.7 Å². The van der Waals surface area contributed by atoms with Gasteiger partial charge in [-0.2, -0.15) is 0 Å². The van der Waals surface area contributed by atoms with Gasteiger partial charge in [-0.3, -0.25) is 4.79 Å². The van der Waals surface area contributed by atoms with Gasteiger partial charge in [0.05, 0.1) is 4.90 Å². The number of carbonyl (C=O) groups is 1. The van der Waals surface area contributed by atoms with E-state index in [9.17, 15) is 13.2 Å². The minimum Gasteiger partial charge on any atom is -0.345 e. The van der Waals surface area contributed by atoms with E-state index in [2.05, 4.69) is 14.6 Å². The van der Waals surface area contributed by atoms with Crippen molar-refractivity contribution in [2.45, 2.75) is 11.8 Å². The number of piperazine rings is 1. The van der Waals surface area contributed by atoms with Crippen LogP contribution in [0.15, 0.2) is 34.7 Å². The number of anilines is 1. The quantitative estimate of drug-likeness (QED) is 0.865. The average molecular weight is 380 g/mol. The zero-order valence-corrected chi connectivity index (χ0v) is 15.7. The van der Waals surface area contributed by atoms with Crippen molar-refractivity contribution in [2.75, 3.05) is 38.1 Å². The standard InChI is InChI=1S/C16H20N4O3S2/c1-12-3-4-13(25(22,23)17-2)11-14(12)15(21)19-6-8-20(9-7-19)16-18-5-10-24-16/h3-5,10-11,17H,6-9H2,1-2H3. The number of carbonyl (C=O) groups excluding carboxylic acids is 1. The first-order chi connectivity index (χ1) is 11.9. The van der Waals surface area contributed by atoms with Crippen molar-refractivity contribution in [3.05, 3.63) is 40.9 Å². The van der Waals surface area contributed by atoms with Crippen LogP contribution in [0.25, 0.3) is 0 Å². The second kappa shape index (κ2) is 7.11. The van der Waals surface area contributed by atoms with Crippen molar-refractivity contribution in [3.8, 4) is 0 Å². The smallest absolute Gasteiger partial charge is 0.254 e. The normalized spacial score (nSPS) is 15.4. The molecule has 2 aromatic rings. The molecule has 1 aromatic carbocycles. The molecule has 0 bridgehead atoms. The fraction of sp³-hybridized carbons (Fsp3) is 0.375. The van der Waals surface area contributed by atoms with Crippen LogP contribution in [-0.2, 0) is 10.0 Å². The highest BCUT2D eigenvalue weighted by Crippen LogP contribution is 2.21. The number of nitrogens with zero attached hydrogens (tertiary/aromatic N) is 3. The first kappa shape index (κ1) is 17.8. The monoisotopic (exact) mass is 380 g/mol. The number of thiazole rings is 1. The van der Waals surface area contributed by atoms with Gasteiger partial charge in [0.2, 0.25) is 10.0 Å². The van der Waals surface area contributed by atoms with Crippen LogP contribution >= 0.6 is 11.3 Å². The Balaban J connectivity index is 1.77. The summed E-state index contributed by atoms with van der Waals surface area (Å²) < 4.78 is 26.3. The van der Waals surface area contributed by atoms with Gasteiger partial charge in [-0.15, -0.1) is 11.3 Å². The van der Waals surface area contributed by atoms with Crippen LogP contribution in [0.1, 0.15) is 15.9 Å². The molecule has 1 fully saturated rings. The number of hydrogen-bond donors (Lipinski definition) is 1. The molecule has 134 valence electrons. The zero-order valence-electron chi connectivity index (χ0n) is 14.1. The SMILES string of the molecule is CNS(=O)(=O)c1ccc(C)c(C(=O)N2CCN(c3nccs3)CC2)c1. The van der Waals surface area contributed by atoms with Gasteiger partial charge in [0, 0.05) is 43.3 Å². The number of amides is 1. The Kier molecular flexibility index (Phi) is 5.07. The molecule has 7 nitrogen and oxygen atoms in total. The topological polar surface area (TPSA) is 82.6 Å². The second-order valence-corrected chi connectivity index (χ2v) is 8.54. The van der Waals surface area contributed by atoms with Gasteiger partial charge >= 0.3 is 0 Å². The molecule has 1 N–H and O–H groups in total. The predicted molar refractivity (Wildman–Crippen MR) is 97.7 cm³/mol. The highest BCUT2D eigenvalue weighted by Gasteiger charge is 2.25. The predicted octanol–water partition coefficient (Wildman–Crippen LogP) is 1.32. The Morgan fingerprint density at radius 1 is 1.24 bits per heavy atom. The van der Waals surface area contributed by atoms with Gasteiger partial charge in [0.15, 0.2) is 5.13 Å². The molecule has 2 heterocycles. The first-order valence-electron chi connectivity index (χ1n) is 7.90. The van der Waals surface area contributed by atoms with Crippen molar-refractivity contribution >= 4 is 32.4 Å². The van der Waals surface area contributed by atoms with Gasteiger partial charge in [-0.05, 0) is 31.7 Å². The van der Waals surface area contributed by atoms with Crippen molar-refractivity contribution in [3.63, 3.8) is 0 Å². The lowest BCUT2D eigenvalue weighted by Crippen LogP contribution is -2.49. The van der Waals surface area contributed by atoms with Gasteiger partial charge in [0.1, 0.15) is 0 Å². The summed E-state index contributed by atoms with van der Waals surface area (Å²) in [5, 5.41) is 2.90. The molecule has 0 atom stereocenters. The van der Waals surface area contributed by atoms with Crippen LogP contribution in [-0.4, -0.2) is 57.4 Å². The van der Waals surface area contributed by atoms with Crippen LogP contribution in [0, 0.1) is 6.92 Å². The van der Waals surface area contributed by atoms with E-state index in [1.165, 1.54) is 19.2 Å². The van der Waals surface area contributed by atoms with Crippen molar-refractivity contribution in [2.24, 2.45) is 0 Å². The lowest BCUT2D eigenvalue weighted by atomic mass is 10.1. The third kappa shape index (κ3) is 3.68. The maximum absolute atomic E-state index is 12.9. The highest BCUT2D eigenvalue weighted by molar-refractivity contribution is 7.89. The maximum atomic E-state index is 12.9. The van der Waals surface area contributed by atoms with E-state index >= 15 is 0 Å². The molecule has 1 aliphatic rings. The number of hydrogen-bond acceptors (Lipinski definition) is 6. The molecule has 0 aliphatic carbocycles. The number of benzene rings is 1. The maximum Gasteiger partial charge on any atom is 0.254 e. The van der Waals surface area contributed by atoms with Crippen molar-refractivity contribution in [1.29, 1.82) is 0 Å². The Morgan fingerprint density at radius 2 is 1.96 bits per heavy atom. The molecule has 0 saturated carbocycles. The summed E-state index contributed by atoms with van der Waals surface area (Å²) in [5.74, 6) is -0.135. The number of nitrogens with one attached hydrogen (secondary N) is 1. The van der Waals surface area contributed by atoms with E-state index in [1.54, 1.807) is 28.5 Å². The zero-order chi connectivity index (χ0) is 18.0. The summed E-state index contributed by atoms with van der Waals surface area (Å²) in [6.45, 7) is 4.41. The van der Waals surface area contributed by atoms with Gasteiger partial charge in [-0.25, -0.2) is 18.1 Å². The summed E-state index contributed by atoms with van der Waals surface area (Å²) in [5.41, 5.74) is 1.20. The summed E-state index contributed by atoms with van der Waals surface area (Å²) in [6, 6.07) is 4.64. The summed E-state index contributed by atoms with van der Waals surface area (Å²) in [4.78, 5) is 21.2. The summed E-state index contributed by atoms with van der Waals surface area (Å²) >= 11 is 1.58. The van der Waals surface area contributed by atoms with Crippen LogP contribution in [0.3, 0.4) is 0 Å². The molecule has 1 amide bonds. The number of sulfonamides is 1. The average Bonchev–Trinajstić information content (AvgIpc) is 3.16. The molecule has 0 unspecified atom stereocenters. The van der Waals surface area contributed by atoms with E-state index in [0.717, 1.165) is 10.7 Å². The Labute approximate surface area is 151 Å². The first-order valence-corrected chi connectivity index (χ1v) is 10.3. The van der Waals surface area contributed by atoms with Crippen LogP contribution in [0.4, 0.5) is 5.13 Å². The minimum absolute atomic E-state index is 0.102. The molecule has 0 radical (unpaired) electrons. The number of aryl methyl sites for hydroxylation is 1. The molecule has 9 heteroatoms. The fourth-order valence-electron chi connectivity index (χ4n) is 2.76. The van der Waals surface area contributed by atoms with Crippen molar-refractivity contribution < 1.29 is 13.2 Å². The lowest BCUT2D eigenvalue weighted by molar-refractivity contribution is 0.0746. The van der Waals surface area contributed by atoms with Crippen LogP contribution < -0.4 is 9.62 Å². The molecular weight excluding hydrogens is 360 g/mol. The molecular formula is C16H20N4O3S2. The van der Waals surface area contributed by atoms with Gasteiger partial charge in [0.25, 0.3) is 5.91 Å². The van der Waals surface area contributed by atoms with Crippen molar-refractivity contribution in [1.82, 2.24) is 14.6 Å². The van der Waals surface area contributed by atoms with Gasteiger partial charge in [-0.1, -0.05) is 6.07 Å². The largest absolute Gasteiger partial charge is 0.345 e. The molecule has 1 saturated heterocycles. The third-order valence-corrected chi connectivity index (χ3v) is 6.52. The minimum atomic E-state index is -3.58. The third-order valence-electron chi connectivity index (χ3n) is 4.28. The van der Waals surface area contributed by atoms with E-state index < -0.39 is 10.0 Å². The molecule has 3 rings (SSSR count). The lowest BCUT2D eigenvalue weighted by Gasteiger charge is -2.34. The van der Waals surface area contributed by atoms with Crippen LogP contribution in [0.5, 0.6) is 0 Å². The number of rotatable bonds is 4. The molecule has 1 aliphatic heterocycles. The van der Waals surface area contributed by atoms with Crippen LogP contribution in [0.2, 0.25) is 0 Å². The fourth-order valence-corrected chi connectivity index (χ4v) is 4.21. The molecule has 1 aromatic heterocycles. The van der Waals surface area contributed by atoms with E-state index in [1.807, 2.05) is 12.3 Å². The molecule has 25 heavy (non-hydrogen) atoms. The summed E-state index contributed by atoms with van der Waals surface area (Å²) in [7, 11) is -2.22. The second-order valence-electron chi connectivity index (χ2n) is 5.78. The Morgan fingerprint density at radius 3 is 2.56 bits per heavy atom. The summed E-state index contributed by atoms with van der Waals surface area (Å²) in [6.07, 6.45) is 1.77. The number of aromatic nitrogens is 1. The van der Waals surface area contributed by atoms with E-state index in [4.69, 9.17) is 0 Å². The Bertz CT molecular complexity index is 858. The Hall–Kier alpha value is -1.97. The molecule has 0 spiro atoms. The van der Waals surface area contributed by atoms with Gasteiger partial charge < -0.3 is 9.80 Å². The highest BCUT2D eigenvalue weighted by atomic mass is 32.2.